The number of rotatable bonds is 6. The second-order valence-corrected chi connectivity index (χ2v) is 6.02. The van der Waals surface area contributed by atoms with Crippen molar-refractivity contribution < 1.29 is 14.3 Å². The molecule has 0 aliphatic carbocycles. The van der Waals surface area contributed by atoms with Crippen LogP contribution in [0.5, 0.6) is 5.75 Å². The van der Waals surface area contributed by atoms with Crippen LogP contribution in [0.25, 0.3) is 0 Å². The van der Waals surface area contributed by atoms with E-state index in [4.69, 9.17) is 4.74 Å². The average molecular weight is 391 g/mol. The van der Waals surface area contributed by atoms with Crippen LogP contribution in [0.15, 0.2) is 53.0 Å². The fourth-order valence-electron chi connectivity index (χ4n) is 2.03. The molecule has 0 unspecified atom stereocenters. The van der Waals surface area contributed by atoms with Gasteiger partial charge >= 0.3 is 0 Å². The smallest absolute Gasteiger partial charge is 0.276 e. The summed E-state index contributed by atoms with van der Waals surface area (Å²) >= 11 is 3.41. The third-order valence-electron chi connectivity index (χ3n) is 3.31. The molecular weight excluding hydrogens is 372 g/mol. The molecule has 0 aromatic heterocycles. The lowest BCUT2D eigenvalue weighted by molar-refractivity contribution is -0.129. The summed E-state index contributed by atoms with van der Waals surface area (Å²) in [4.78, 5) is 23.5. The maximum Gasteiger partial charge on any atom is 0.276 e. The van der Waals surface area contributed by atoms with Gasteiger partial charge in [-0.2, -0.15) is 0 Å². The molecule has 0 saturated heterocycles. The first-order valence-electron chi connectivity index (χ1n) is 7.61. The molecule has 0 radical (unpaired) electrons. The number of hydrogen-bond donors (Lipinski definition) is 2. The van der Waals surface area contributed by atoms with Crippen molar-refractivity contribution in [3.63, 3.8) is 0 Å². The van der Waals surface area contributed by atoms with Gasteiger partial charge in [-0.1, -0.05) is 43.3 Å². The van der Waals surface area contributed by atoms with Crippen molar-refractivity contribution in [2.45, 2.75) is 19.8 Å². The Morgan fingerprint density at radius 1 is 1.00 bits per heavy atom. The number of nitrogens with one attached hydrogen (secondary N) is 2. The van der Waals surface area contributed by atoms with Gasteiger partial charge in [0.15, 0.2) is 6.61 Å². The van der Waals surface area contributed by atoms with Gasteiger partial charge in [-0.05, 0) is 45.6 Å². The number of halogens is 1. The van der Waals surface area contributed by atoms with Crippen molar-refractivity contribution in [3.05, 3.63) is 64.1 Å². The van der Waals surface area contributed by atoms with E-state index < -0.39 is 5.91 Å². The number of carbonyl (C=O) groups excluding carboxylic acids is 2. The van der Waals surface area contributed by atoms with Gasteiger partial charge in [-0.25, -0.2) is 0 Å². The summed E-state index contributed by atoms with van der Waals surface area (Å²) < 4.78 is 6.23. The highest BCUT2D eigenvalue weighted by molar-refractivity contribution is 9.10. The summed E-state index contributed by atoms with van der Waals surface area (Å²) in [5.41, 5.74) is 6.75. The standard InChI is InChI=1S/C18H19BrN2O3/c1-2-13-8-9-16(15(19)10-13)24-12-18(23)21-20-17(22)11-14-6-4-3-5-7-14/h3-10H,2,11-12H2,1H3,(H,20,22)(H,21,23). The predicted molar refractivity (Wildman–Crippen MR) is 95.4 cm³/mol. The Morgan fingerprint density at radius 3 is 2.38 bits per heavy atom. The van der Waals surface area contributed by atoms with E-state index in [2.05, 4.69) is 33.7 Å². The SMILES string of the molecule is CCc1ccc(OCC(=O)NNC(=O)Cc2ccccc2)c(Br)c1. The van der Waals surface area contributed by atoms with E-state index >= 15 is 0 Å². The number of amides is 2. The van der Waals surface area contributed by atoms with Crippen LogP contribution in [0.2, 0.25) is 0 Å². The van der Waals surface area contributed by atoms with Crippen molar-refractivity contribution >= 4 is 27.7 Å². The van der Waals surface area contributed by atoms with Crippen LogP contribution in [0, 0.1) is 0 Å². The number of hydrazine groups is 1. The van der Waals surface area contributed by atoms with Crippen molar-refractivity contribution in [1.29, 1.82) is 0 Å². The quantitative estimate of drug-likeness (QED) is 0.745. The molecule has 0 aliphatic rings. The van der Waals surface area contributed by atoms with Gasteiger partial charge in [0.25, 0.3) is 5.91 Å². The highest BCUT2D eigenvalue weighted by atomic mass is 79.9. The summed E-state index contributed by atoms with van der Waals surface area (Å²) in [6.45, 7) is 1.88. The number of hydrogen-bond acceptors (Lipinski definition) is 3. The van der Waals surface area contributed by atoms with E-state index in [0.717, 1.165) is 16.5 Å². The van der Waals surface area contributed by atoms with Gasteiger partial charge < -0.3 is 4.74 Å². The zero-order chi connectivity index (χ0) is 17.4. The van der Waals surface area contributed by atoms with Crippen molar-refractivity contribution in [3.8, 4) is 5.75 Å². The minimum Gasteiger partial charge on any atom is -0.483 e. The minimum absolute atomic E-state index is 0.185. The molecule has 2 rings (SSSR count). The van der Waals surface area contributed by atoms with Gasteiger partial charge in [-0.15, -0.1) is 0 Å². The first kappa shape index (κ1) is 18.0. The molecule has 0 atom stereocenters. The van der Waals surface area contributed by atoms with Crippen LogP contribution in [0.1, 0.15) is 18.1 Å². The molecule has 2 amide bonds. The van der Waals surface area contributed by atoms with Crippen LogP contribution >= 0.6 is 15.9 Å². The fourth-order valence-corrected chi connectivity index (χ4v) is 2.57. The molecular formula is C18H19BrN2O3. The van der Waals surface area contributed by atoms with E-state index in [-0.39, 0.29) is 18.9 Å². The van der Waals surface area contributed by atoms with Gasteiger partial charge in [0, 0.05) is 0 Å². The van der Waals surface area contributed by atoms with Crippen LogP contribution in [-0.4, -0.2) is 18.4 Å². The summed E-state index contributed by atoms with van der Waals surface area (Å²) in [5.74, 6) is -0.135. The van der Waals surface area contributed by atoms with Gasteiger partial charge in [0.1, 0.15) is 5.75 Å². The number of aryl methyl sites for hydroxylation is 1. The Kier molecular flexibility index (Phi) is 6.81. The van der Waals surface area contributed by atoms with Crippen LogP contribution in [-0.2, 0) is 22.4 Å². The lowest BCUT2D eigenvalue weighted by Gasteiger charge is -2.10. The van der Waals surface area contributed by atoms with E-state index in [1.165, 1.54) is 5.56 Å². The minimum atomic E-state index is -0.428. The highest BCUT2D eigenvalue weighted by Crippen LogP contribution is 2.26. The molecule has 0 fully saturated rings. The molecule has 2 N–H and O–H groups in total. The van der Waals surface area contributed by atoms with Crippen molar-refractivity contribution in [1.82, 2.24) is 10.9 Å². The van der Waals surface area contributed by atoms with Crippen molar-refractivity contribution in [2.24, 2.45) is 0 Å². The number of benzene rings is 2. The van der Waals surface area contributed by atoms with Crippen LogP contribution in [0.4, 0.5) is 0 Å². The molecule has 6 heteroatoms. The molecule has 0 bridgehead atoms. The second kappa shape index (κ2) is 9.08. The summed E-state index contributed by atoms with van der Waals surface area (Å²) in [5, 5.41) is 0. The molecule has 2 aromatic carbocycles. The highest BCUT2D eigenvalue weighted by Gasteiger charge is 2.08. The Hall–Kier alpha value is -2.34. The normalized spacial score (nSPS) is 10.1. The topological polar surface area (TPSA) is 67.4 Å². The lowest BCUT2D eigenvalue weighted by Crippen LogP contribution is -2.44. The summed E-state index contributed by atoms with van der Waals surface area (Å²) in [6, 6.07) is 15.0. The van der Waals surface area contributed by atoms with Crippen molar-refractivity contribution in [2.75, 3.05) is 6.61 Å². The second-order valence-electron chi connectivity index (χ2n) is 5.17. The molecule has 126 valence electrons. The molecule has 24 heavy (non-hydrogen) atoms. The van der Waals surface area contributed by atoms with Crippen LogP contribution in [0.3, 0.4) is 0 Å². The first-order valence-corrected chi connectivity index (χ1v) is 8.40. The fraction of sp³-hybridized carbons (Fsp3) is 0.222. The third kappa shape index (κ3) is 5.70. The molecule has 2 aromatic rings. The molecule has 0 spiro atoms. The third-order valence-corrected chi connectivity index (χ3v) is 3.93. The van der Waals surface area contributed by atoms with Gasteiger partial charge in [-0.3, -0.25) is 20.4 Å². The molecule has 0 saturated carbocycles. The van der Waals surface area contributed by atoms with E-state index in [0.29, 0.717) is 5.75 Å². The number of carbonyl (C=O) groups is 2. The van der Waals surface area contributed by atoms with E-state index in [9.17, 15) is 9.59 Å². The number of ether oxygens (including phenoxy) is 1. The lowest BCUT2D eigenvalue weighted by atomic mass is 10.1. The Morgan fingerprint density at radius 2 is 1.71 bits per heavy atom. The molecule has 5 nitrogen and oxygen atoms in total. The largest absolute Gasteiger partial charge is 0.483 e. The maximum absolute atomic E-state index is 11.7. The Bertz CT molecular complexity index is 705. The Balaban J connectivity index is 1.74. The Labute approximate surface area is 149 Å². The van der Waals surface area contributed by atoms with Gasteiger partial charge in [0.2, 0.25) is 5.91 Å². The van der Waals surface area contributed by atoms with Gasteiger partial charge in [0.05, 0.1) is 10.9 Å². The van der Waals surface area contributed by atoms with Crippen LogP contribution < -0.4 is 15.6 Å². The molecule has 0 heterocycles. The zero-order valence-corrected chi connectivity index (χ0v) is 14.9. The average Bonchev–Trinajstić information content (AvgIpc) is 2.59. The summed E-state index contributed by atoms with van der Waals surface area (Å²) in [7, 11) is 0. The van der Waals surface area contributed by atoms with E-state index in [1.54, 1.807) is 0 Å². The monoisotopic (exact) mass is 390 g/mol. The predicted octanol–water partition coefficient (Wildman–Crippen LogP) is 2.78. The zero-order valence-electron chi connectivity index (χ0n) is 13.3. The first-order chi connectivity index (χ1) is 11.6. The summed E-state index contributed by atoms with van der Waals surface area (Å²) in [6.07, 6.45) is 1.12. The van der Waals surface area contributed by atoms with E-state index in [1.807, 2.05) is 48.5 Å². The maximum atomic E-state index is 11.7. The molecule has 0 aliphatic heterocycles.